The minimum absolute atomic E-state index is 0.0975. The van der Waals surface area contributed by atoms with Crippen molar-refractivity contribution < 1.29 is 19.1 Å². The number of amides is 1. The minimum atomic E-state index is -0.865. The first-order valence-corrected chi connectivity index (χ1v) is 7.94. The van der Waals surface area contributed by atoms with E-state index in [-0.39, 0.29) is 5.56 Å². The van der Waals surface area contributed by atoms with Gasteiger partial charge in [0.1, 0.15) is 6.29 Å². The summed E-state index contributed by atoms with van der Waals surface area (Å²) in [6.07, 6.45) is 0.719. The maximum Gasteiger partial charge on any atom is 0.262 e. The molecule has 26 heavy (non-hydrogen) atoms. The van der Waals surface area contributed by atoms with Crippen molar-refractivity contribution in [3.63, 3.8) is 0 Å². The lowest BCUT2D eigenvalue weighted by molar-refractivity contribution is 0.0998. The highest BCUT2D eigenvalue weighted by atomic mass is 19.1. The highest BCUT2D eigenvalue weighted by Crippen LogP contribution is 2.29. The molecule has 130 valence electrons. The van der Waals surface area contributed by atoms with Crippen molar-refractivity contribution in [2.75, 3.05) is 4.90 Å². The number of anilines is 2. The quantitative estimate of drug-likeness (QED) is 0.699. The molecule has 0 unspecified atom stereocenters. The van der Waals surface area contributed by atoms with Crippen molar-refractivity contribution in [1.29, 1.82) is 0 Å². The Morgan fingerprint density at radius 3 is 2.08 bits per heavy atom. The average molecular weight is 349 g/mol. The number of carbonyl (C=O) groups excluding carboxylic acids is 2. The zero-order chi connectivity index (χ0) is 18.7. The van der Waals surface area contributed by atoms with Crippen LogP contribution >= 0.6 is 0 Å². The molecule has 0 heterocycles. The molecule has 5 heteroatoms. The number of hydrogen-bond acceptors (Lipinski definition) is 3. The number of aromatic hydroxyl groups is 1. The molecule has 0 saturated carbocycles. The summed E-state index contributed by atoms with van der Waals surface area (Å²) in [5, 5.41) is 9.35. The Morgan fingerprint density at radius 1 is 0.962 bits per heavy atom. The van der Waals surface area contributed by atoms with Crippen molar-refractivity contribution in [2.45, 2.75) is 6.92 Å². The van der Waals surface area contributed by atoms with Gasteiger partial charge in [0, 0.05) is 22.5 Å². The van der Waals surface area contributed by atoms with Crippen LogP contribution in [0, 0.1) is 12.7 Å². The van der Waals surface area contributed by atoms with Crippen LogP contribution in [0.2, 0.25) is 0 Å². The molecule has 0 aliphatic heterocycles. The topological polar surface area (TPSA) is 57.6 Å². The summed E-state index contributed by atoms with van der Waals surface area (Å²) in [4.78, 5) is 25.4. The summed E-state index contributed by atoms with van der Waals surface area (Å²) in [5.74, 6) is -1.83. The largest absolute Gasteiger partial charge is 0.505 e. The number of aldehydes is 1. The number of hydrogen-bond donors (Lipinski definition) is 1. The maximum absolute atomic E-state index is 13.7. The second kappa shape index (κ2) is 7.19. The second-order valence-corrected chi connectivity index (χ2v) is 5.85. The molecule has 0 atom stereocenters. The maximum atomic E-state index is 13.7. The predicted molar refractivity (Wildman–Crippen MR) is 97.5 cm³/mol. The van der Waals surface area contributed by atoms with E-state index >= 15 is 0 Å². The van der Waals surface area contributed by atoms with E-state index in [9.17, 15) is 19.1 Å². The SMILES string of the molecule is Cc1ccc(N(C(=O)c2ccc(O)c(F)c2)c2ccc(C=O)cc2)cc1. The van der Waals surface area contributed by atoms with Crippen molar-refractivity contribution in [1.82, 2.24) is 0 Å². The molecule has 0 saturated heterocycles. The highest BCUT2D eigenvalue weighted by Gasteiger charge is 2.21. The van der Waals surface area contributed by atoms with Crippen molar-refractivity contribution in [2.24, 2.45) is 0 Å². The summed E-state index contributed by atoms with van der Waals surface area (Å²) in [7, 11) is 0. The molecule has 3 aromatic carbocycles. The molecule has 1 amide bonds. The number of carbonyl (C=O) groups is 2. The lowest BCUT2D eigenvalue weighted by Gasteiger charge is -2.23. The first-order valence-electron chi connectivity index (χ1n) is 7.94. The Hall–Kier alpha value is -3.47. The van der Waals surface area contributed by atoms with E-state index in [4.69, 9.17) is 0 Å². The number of phenols is 1. The van der Waals surface area contributed by atoms with Gasteiger partial charge in [0.15, 0.2) is 11.6 Å². The summed E-state index contributed by atoms with van der Waals surface area (Å²) in [5.41, 5.74) is 2.76. The van der Waals surface area contributed by atoms with E-state index in [0.717, 1.165) is 24.0 Å². The predicted octanol–water partition coefficient (Wildman–Crippen LogP) is 4.63. The van der Waals surface area contributed by atoms with Gasteiger partial charge in [-0.05, 0) is 61.5 Å². The van der Waals surface area contributed by atoms with E-state index in [1.54, 1.807) is 36.4 Å². The third-order valence-corrected chi connectivity index (χ3v) is 3.98. The number of aryl methyl sites for hydroxylation is 1. The number of rotatable bonds is 4. The van der Waals surface area contributed by atoms with Gasteiger partial charge >= 0.3 is 0 Å². The fraction of sp³-hybridized carbons (Fsp3) is 0.0476. The van der Waals surface area contributed by atoms with Crippen molar-refractivity contribution >= 4 is 23.6 Å². The van der Waals surface area contributed by atoms with E-state index < -0.39 is 17.5 Å². The summed E-state index contributed by atoms with van der Waals surface area (Å²) in [6, 6.07) is 17.3. The van der Waals surface area contributed by atoms with Crippen LogP contribution in [0.5, 0.6) is 5.75 Å². The van der Waals surface area contributed by atoms with E-state index in [0.29, 0.717) is 16.9 Å². The molecular weight excluding hydrogens is 333 g/mol. The molecule has 0 aliphatic carbocycles. The van der Waals surface area contributed by atoms with Crippen LogP contribution in [0.1, 0.15) is 26.3 Å². The number of halogens is 1. The Balaban J connectivity index is 2.09. The van der Waals surface area contributed by atoms with Gasteiger partial charge in [0.2, 0.25) is 0 Å². The first-order chi connectivity index (χ1) is 12.5. The average Bonchev–Trinajstić information content (AvgIpc) is 2.66. The highest BCUT2D eigenvalue weighted by molar-refractivity contribution is 6.11. The van der Waals surface area contributed by atoms with Gasteiger partial charge in [-0.3, -0.25) is 14.5 Å². The number of benzene rings is 3. The molecule has 0 aromatic heterocycles. The zero-order valence-corrected chi connectivity index (χ0v) is 14.0. The second-order valence-electron chi connectivity index (χ2n) is 5.85. The molecular formula is C21H16FNO3. The minimum Gasteiger partial charge on any atom is -0.505 e. The van der Waals surface area contributed by atoms with Crippen molar-refractivity contribution in [3.8, 4) is 5.75 Å². The third-order valence-electron chi connectivity index (χ3n) is 3.98. The van der Waals surface area contributed by atoms with Crippen LogP contribution in [0.25, 0.3) is 0 Å². The van der Waals surface area contributed by atoms with Gasteiger partial charge in [0.05, 0.1) is 0 Å². The summed E-state index contributed by atoms with van der Waals surface area (Å²) >= 11 is 0. The van der Waals surface area contributed by atoms with Crippen molar-refractivity contribution in [3.05, 3.63) is 89.2 Å². The smallest absolute Gasteiger partial charge is 0.262 e. The van der Waals surface area contributed by atoms with Crippen LogP contribution in [0.15, 0.2) is 66.7 Å². The molecule has 0 fully saturated rings. The van der Waals surface area contributed by atoms with E-state index in [1.807, 2.05) is 19.1 Å². The first kappa shape index (κ1) is 17.4. The molecule has 1 N–H and O–H groups in total. The fourth-order valence-electron chi connectivity index (χ4n) is 2.55. The van der Waals surface area contributed by atoms with Gasteiger partial charge in [-0.1, -0.05) is 17.7 Å². The molecule has 4 nitrogen and oxygen atoms in total. The molecule has 0 bridgehead atoms. The fourth-order valence-corrected chi connectivity index (χ4v) is 2.55. The van der Waals surface area contributed by atoms with Crippen LogP contribution in [-0.2, 0) is 0 Å². The Kier molecular flexibility index (Phi) is 4.80. The van der Waals surface area contributed by atoms with E-state index in [1.165, 1.54) is 11.0 Å². The molecule has 3 rings (SSSR count). The van der Waals surface area contributed by atoms with Crippen LogP contribution in [0.4, 0.5) is 15.8 Å². The van der Waals surface area contributed by atoms with Gasteiger partial charge in [-0.2, -0.15) is 0 Å². The Morgan fingerprint density at radius 2 is 1.54 bits per heavy atom. The van der Waals surface area contributed by atoms with E-state index in [2.05, 4.69) is 0 Å². The van der Waals surface area contributed by atoms with Gasteiger partial charge in [-0.15, -0.1) is 0 Å². The summed E-state index contributed by atoms with van der Waals surface area (Å²) < 4.78 is 13.7. The lowest BCUT2D eigenvalue weighted by Crippen LogP contribution is -2.26. The standard InChI is InChI=1S/C21H16FNO3/c1-14-2-7-17(8-3-14)23(18-9-4-15(13-24)5-10-18)21(26)16-6-11-20(25)19(22)12-16/h2-13,25H,1H3. The van der Waals surface area contributed by atoms with Crippen LogP contribution in [-0.4, -0.2) is 17.3 Å². The molecule has 0 radical (unpaired) electrons. The third kappa shape index (κ3) is 3.47. The summed E-state index contributed by atoms with van der Waals surface area (Å²) in [6.45, 7) is 1.93. The van der Waals surface area contributed by atoms with Gasteiger partial charge in [0.25, 0.3) is 5.91 Å². The molecule has 0 aliphatic rings. The Bertz CT molecular complexity index is 950. The molecule has 0 spiro atoms. The van der Waals surface area contributed by atoms with Gasteiger partial charge < -0.3 is 5.11 Å². The van der Waals surface area contributed by atoms with Gasteiger partial charge in [-0.25, -0.2) is 4.39 Å². The lowest BCUT2D eigenvalue weighted by atomic mass is 10.1. The normalized spacial score (nSPS) is 10.4. The Labute approximate surface area is 150 Å². The zero-order valence-electron chi connectivity index (χ0n) is 14.0. The number of nitrogens with zero attached hydrogens (tertiary/aromatic N) is 1. The monoisotopic (exact) mass is 349 g/mol. The number of phenolic OH excluding ortho intramolecular Hbond substituents is 1. The molecule has 3 aromatic rings. The van der Waals surface area contributed by atoms with Crippen LogP contribution in [0.3, 0.4) is 0 Å². The van der Waals surface area contributed by atoms with Crippen LogP contribution < -0.4 is 4.90 Å².